The SMILES string of the molecule is N[C@@H]1C[C@@H](C(F)(F)F)S(=O)(=O)C1. The molecule has 0 aromatic rings. The quantitative estimate of drug-likeness (QED) is 0.605. The first-order valence-electron chi connectivity index (χ1n) is 3.27. The number of nitrogens with two attached hydrogens (primary N) is 1. The summed E-state index contributed by atoms with van der Waals surface area (Å²) in [5.74, 6) is -0.558. The van der Waals surface area contributed by atoms with Crippen LogP contribution in [0, 0.1) is 0 Å². The second kappa shape index (κ2) is 2.59. The van der Waals surface area contributed by atoms with Gasteiger partial charge in [-0.05, 0) is 6.42 Å². The Balaban J connectivity index is 2.94. The number of hydrogen-bond acceptors (Lipinski definition) is 3. The lowest BCUT2D eigenvalue weighted by Crippen LogP contribution is -2.33. The molecule has 3 nitrogen and oxygen atoms in total. The smallest absolute Gasteiger partial charge is 0.327 e. The Hall–Kier alpha value is -0.300. The Morgan fingerprint density at radius 3 is 2.00 bits per heavy atom. The molecule has 0 saturated carbocycles. The van der Waals surface area contributed by atoms with Crippen molar-refractivity contribution in [3.05, 3.63) is 0 Å². The van der Waals surface area contributed by atoms with Gasteiger partial charge in [-0.2, -0.15) is 13.2 Å². The molecular formula is C5H8F3NO2S. The minimum absolute atomic E-state index is 0.508. The molecule has 12 heavy (non-hydrogen) atoms. The summed E-state index contributed by atoms with van der Waals surface area (Å²) in [5.41, 5.74) is 5.12. The number of rotatable bonds is 0. The van der Waals surface area contributed by atoms with Crippen LogP contribution in [-0.4, -0.2) is 31.6 Å². The second-order valence-corrected chi connectivity index (χ2v) is 5.08. The predicted molar refractivity (Wildman–Crippen MR) is 36.2 cm³/mol. The van der Waals surface area contributed by atoms with Gasteiger partial charge < -0.3 is 5.73 Å². The van der Waals surface area contributed by atoms with E-state index in [1.807, 2.05) is 0 Å². The van der Waals surface area contributed by atoms with E-state index >= 15 is 0 Å². The Morgan fingerprint density at radius 1 is 1.33 bits per heavy atom. The minimum Gasteiger partial charge on any atom is -0.327 e. The lowest BCUT2D eigenvalue weighted by Gasteiger charge is -2.12. The van der Waals surface area contributed by atoms with Crippen LogP contribution in [0.4, 0.5) is 13.2 Å². The number of sulfone groups is 1. The Kier molecular flexibility index (Phi) is 2.12. The van der Waals surface area contributed by atoms with Gasteiger partial charge in [-0.1, -0.05) is 0 Å². The molecule has 1 fully saturated rings. The third-order valence-corrected chi connectivity index (χ3v) is 3.98. The summed E-state index contributed by atoms with van der Waals surface area (Å²) in [6.07, 6.45) is -5.18. The fraction of sp³-hybridized carbons (Fsp3) is 1.00. The largest absolute Gasteiger partial charge is 0.405 e. The highest BCUT2D eigenvalue weighted by molar-refractivity contribution is 7.92. The van der Waals surface area contributed by atoms with E-state index in [0.717, 1.165) is 0 Å². The molecular weight excluding hydrogens is 195 g/mol. The molecule has 0 spiro atoms. The highest BCUT2D eigenvalue weighted by atomic mass is 32.2. The van der Waals surface area contributed by atoms with Gasteiger partial charge in [0.1, 0.15) is 0 Å². The van der Waals surface area contributed by atoms with Gasteiger partial charge in [0.2, 0.25) is 0 Å². The Labute approximate surface area is 67.7 Å². The summed E-state index contributed by atoms with van der Waals surface area (Å²) < 4.78 is 57.6. The lowest BCUT2D eigenvalue weighted by molar-refractivity contribution is -0.130. The zero-order chi connectivity index (χ0) is 9.57. The maximum absolute atomic E-state index is 12.0. The topological polar surface area (TPSA) is 60.2 Å². The van der Waals surface area contributed by atoms with Crippen LogP contribution in [-0.2, 0) is 9.84 Å². The fourth-order valence-corrected chi connectivity index (χ4v) is 3.15. The first-order chi connectivity index (χ1) is 5.23. The molecule has 1 aliphatic heterocycles. The summed E-state index contributed by atoms with van der Waals surface area (Å²) in [5, 5.41) is -2.25. The van der Waals surface area contributed by atoms with Crippen LogP contribution in [0.1, 0.15) is 6.42 Å². The van der Waals surface area contributed by atoms with Crippen LogP contribution in [0.25, 0.3) is 0 Å². The predicted octanol–water partition coefficient (Wildman–Crippen LogP) is 0.0631. The van der Waals surface area contributed by atoms with Crippen molar-refractivity contribution >= 4 is 9.84 Å². The van der Waals surface area contributed by atoms with Gasteiger partial charge >= 0.3 is 6.18 Å². The molecule has 0 radical (unpaired) electrons. The van der Waals surface area contributed by atoms with Gasteiger partial charge in [0.15, 0.2) is 15.1 Å². The molecule has 1 saturated heterocycles. The van der Waals surface area contributed by atoms with Crippen LogP contribution in [0.3, 0.4) is 0 Å². The van der Waals surface area contributed by atoms with Crippen molar-refractivity contribution in [3.63, 3.8) is 0 Å². The molecule has 2 atom stereocenters. The molecule has 2 N–H and O–H groups in total. The second-order valence-electron chi connectivity index (χ2n) is 2.86. The van der Waals surface area contributed by atoms with Gasteiger partial charge in [0.05, 0.1) is 5.75 Å². The maximum Gasteiger partial charge on any atom is 0.405 e. The minimum atomic E-state index is -4.67. The average molecular weight is 203 g/mol. The third kappa shape index (κ3) is 1.71. The van der Waals surface area contributed by atoms with Crippen LogP contribution in [0.5, 0.6) is 0 Å². The molecule has 7 heteroatoms. The molecule has 0 aromatic carbocycles. The van der Waals surface area contributed by atoms with Crippen LogP contribution >= 0.6 is 0 Å². The van der Waals surface area contributed by atoms with E-state index < -0.39 is 39.5 Å². The number of alkyl halides is 3. The lowest BCUT2D eigenvalue weighted by atomic mass is 10.2. The van der Waals surface area contributed by atoms with Crippen molar-refractivity contribution in [1.29, 1.82) is 0 Å². The van der Waals surface area contributed by atoms with Gasteiger partial charge in [0.25, 0.3) is 0 Å². The van der Waals surface area contributed by atoms with Gasteiger partial charge in [-0.3, -0.25) is 0 Å². The van der Waals surface area contributed by atoms with E-state index in [9.17, 15) is 21.6 Å². The standard InChI is InChI=1S/C5H8F3NO2S/c6-5(7,8)4-1-3(9)2-12(4,10)11/h3-4H,1-2,9H2/t3-,4+/m1/s1. The van der Waals surface area contributed by atoms with E-state index in [0.29, 0.717) is 0 Å². The van der Waals surface area contributed by atoms with Gasteiger partial charge in [-0.25, -0.2) is 8.42 Å². The van der Waals surface area contributed by atoms with Crippen molar-refractivity contribution in [1.82, 2.24) is 0 Å². The first-order valence-corrected chi connectivity index (χ1v) is 4.99. The Morgan fingerprint density at radius 2 is 1.83 bits per heavy atom. The van der Waals surface area contributed by atoms with Crippen molar-refractivity contribution in [2.75, 3.05) is 5.75 Å². The highest BCUT2D eigenvalue weighted by Gasteiger charge is 2.53. The first kappa shape index (κ1) is 9.79. The summed E-state index contributed by atoms with van der Waals surface area (Å²) in [4.78, 5) is 0. The van der Waals surface area contributed by atoms with Crippen LogP contribution < -0.4 is 5.73 Å². The van der Waals surface area contributed by atoms with Gasteiger partial charge in [-0.15, -0.1) is 0 Å². The van der Waals surface area contributed by atoms with Crippen molar-refractivity contribution in [2.45, 2.75) is 23.9 Å². The summed E-state index contributed by atoms with van der Waals surface area (Å²) in [7, 11) is -4.04. The summed E-state index contributed by atoms with van der Waals surface area (Å²) in [6.45, 7) is 0. The molecule has 0 unspecified atom stereocenters. The third-order valence-electron chi connectivity index (χ3n) is 1.76. The molecule has 0 aliphatic carbocycles. The van der Waals surface area contributed by atoms with Crippen LogP contribution in [0.2, 0.25) is 0 Å². The van der Waals surface area contributed by atoms with E-state index in [1.54, 1.807) is 0 Å². The highest BCUT2D eigenvalue weighted by Crippen LogP contribution is 2.33. The summed E-state index contributed by atoms with van der Waals surface area (Å²) >= 11 is 0. The molecule has 1 aliphatic rings. The molecule has 1 heterocycles. The van der Waals surface area contributed by atoms with Crippen LogP contribution in [0.15, 0.2) is 0 Å². The molecule has 72 valence electrons. The number of hydrogen-bond donors (Lipinski definition) is 1. The number of halogens is 3. The van der Waals surface area contributed by atoms with E-state index in [2.05, 4.69) is 0 Å². The molecule has 0 amide bonds. The van der Waals surface area contributed by atoms with Crippen molar-refractivity contribution in [2.24, 2.45) is 5.73 Å². The summed E-state index contributed by atoms with van der Waals surface area (Å²) in [6, 6.07) is -0.873. The van der Waals surface area contributed by atoms with E-state index in [-0.39, 0.29) is 0 Å². The van der Waals surface area contributed by atoms with Crippen molar-refractivity contribution < 1.29 is 21.6 Å². The van der Waals surface area contributed by atoms with Crippen molar-refractivity contribution in [3.8, 4) is 0 Å². The normalized spacial score (nSPS) is 35.3. The molecule has 1 rings (SSSR count). The maximum atomic E-state index is 12.0. The zero-order valence-electron chi connectivity index (χ0n) is 6.00. The fourth-order valence-electron chi connectivity index (χ4n) is 1.24. The zero-order valence-corrected chi connectivity index (χ0v) is 6.82. The van der Waals surface area contributed by atoms with E-state index in [4.69, 9.17) is 5.73 Å². The molecule has 0 aromatic heterocycles. The van der Waals surface area contributed by atoms with Gasteiger partial charge in [0, 0.05) is 6.04 Å². The van der Waals surface area contributed by atoms with E-state index in [1.165, 1.54) is 0 Å². The average Bonchev–Trinajstić information content (AvgIpc) is 2.02. The monoisotopic (exact) mass is 203 g/mol. The molecule has 0 bridgehead atoms. The Bertz CT molecular complexity index is 271.